The number of hydrogen-bond acceptors (Lipinski definition) is 5. The van der Waals surface area contributed by atoms with E-state index in [1.807, 2.05) is 6.07 Å². The minimum Gasteiger partial charge on any atom is -0.467 e. The van der Waals surface area contributed by atoms with Gasteiger partial charge in [0, 0.05) is 12.3 Å². The number of carbonyl (C=O) groups excluding carboxylic acids is 1. The summed E-state index contributed by atoms with van der Waals surface area (Å²) >= 11 is 0. The molecule has 0 aliphatic rings. The molecule has 3 aromatic heterocycles. The maximum atomic E-state index is 13.9. The molecule has 0 fully saturated rings. The maximum Gasteiger partial charge on any atom is 0.260 e. The first-order valence-corrected chi connectivity index (χ1v) is 8.53. The summed E-state index contributed by atoms with van der Waals surface area (Å²) in [5.74, 6) is 0.635. The van der Waals surface area contributed by atoms with E-state index in [0.29, 0.717) is 18.1 Å². The lowest BCUT2D eigenvalue weighted by molar-refractivity contribution is 0.102. The summed E-state index contributed by atoms with van der Waals surface area (Å²) in [4.78, 5) is 17.0. The Balaban J connectivity index is 1.55. The zero-order valence-electron chi connectivity index (χ0n) is 14.7. The highest BCUT2D eigenvalue weighted by molar-refractivity contribution is 6.07. The Morgan fingerprint density at radius 3 is 2.79 bits per heavy atom. The van der Waals surface area contributed by atoms with Crippen molar-refractivity contribution in [2.45, 2.75) is 6.54 Å². The smallest absolute Gasteiger partial charge is 0.260 e. The summed E-state index contributed by atoms with van der Waals surface area (Å²) in [6.07, 6.45) is 4.69. The topological polar surface area (TPSA) is 85.0 Å². The van der Waals surface area contributed by atoms with Gasteiger partial charge in [0.25, 0.3) is 5.91 Å². The van der Waals surface area contributed by atoms with Crippen LogP contribution >= 0.6 is 0 Å². The van der Waals surface area contributed by atoms with Gasteiger partial charge in [0.15, 0.2) is 0 Å². The van der Waals surface area contributed by atoms with Crippen LogP contribution < -0.4 is 10.6 Å². The van der Waals surface area contributed by atoms with E-state index in [-0.39, 0.29) is 17.1 Å². The molecule has 0 aliphatic carbocycles. The lowest BCUT2D eigenvalue weighted by Gasteiger charge is -2.12. The monoisotopic (exact) mass is 377 g/mol. The highest BCUT2D eigenvalue weighted by atomic mass is 19.1. The predicted octanol–water partition coefficient (Wildman–Crippen LogP) is 4.05. The van der Waals surface area contributed by atoms with Gasteiger partial charge in [-0.15, -0.1) is 0 Å². The van der Waals surface area contributed by atoms with Gasteiger partial charge < -0.3 is 15.1 Å². The zero-order chi connectivity index (χ0) is 19.3. The number of benzene rings is 1. The number of halogens is 1. The van der Waals surface area contributed by atoms with Crippen molar-refractivity contribution < 1.29 is 13.6 Å². The van der Waals surface area contributed by atoms with E-state index in [9.17, 15) is 9.18 Å². The average molecular weight is 377 g/mol. The molecule has 2 N–H and O–H groups in total. The highest BCUT2D eigenvalue weighted by Gasteiger charge is 2.16. The molecular formula is C20H16FN5O2. The van der Waals surface area contributed by atoms with Gasteiger partial charge in [-0.05, 0) is 36.4 Å². The van der Waals surface area contributed by atoms with E-state index in [1.165, 1.54) is 12.3 Å². The van der Waals surface area contributed by atoms with Crippen LogP contribution in [0.5, 0.6) is 0 Å². The molecule has 3 heterocycles. The molecule has 0 bridgehead atoms. The number of anilines is 3. The molecule has 0 saturated heterocycles. The van der Waals surface area contributed by atoms with Crippen LogP contribution in [0.4, 0.5) is 21.7 Å². The van der Waals surface area contributed by atoms with Crippen molar-refractivity contribution in [1.29, 1.82) is 0 Å². The first kappa shape index (κ1) is 17.5. The Hall–Kier alpha value is -3.94. The molecule has 140 valence electrons. The molecule has 1 aromatic carbocycles. The van der Waals surface area contributed by atoms with Crippen molar-refractivity contribution in [3.05, 3.63) is 90.4 Å². The highest BCUT2D eigenvalue weighted by Crippen LogP contribution is 2.22. The van der Waals surface area contributed by atoms with Gasteiger partial charge in [-0.2, -0.15) is 5.10 Å². The number of carbonyl (C=O) groups is 1. The van der Waals surface area contributed by atoms with E-state index in [0.717, 1.165) is 0 Å². The van der Waals surface area contributed by atoms with Crippen molar-refractivity contribution in [2.75, 3.05) is 10.6 Å². The summed E-state index contributed by atoms with van der Waals surface area (Å²) in [6.45, 7) is 0.378. The van der Waals surface area contributed by atoms with Gasteiger partial charge in [-0.25, -0.2) is 14.1 Å². The Bertz CT molecular complexity index is 1090. The summed E-state index contributed by atoms with van der Waals surface area (Å²) in [5, 5.41) is 9.87. The fraction of sp³-hybridized carbons (Fsp3) is 0.0500. The van der Waals surface area contributed by atoms with Gasteiger partial charge in [-0.1, -0.05) is 12.1 Å². The summed E-state index contributed by atoms with van der Waals surface area (Å²) in [5.41, 5.74) is 0.509. The molecule has 4 aromatic rings. The maximum absolute atomic E-state index is 13.9. The SMILES string of the molecule is O=C(Nc1ccnn1Cc1ccco1)c1cccnc1Nc1ccccc1F. The standard InChI is InChI=1S/C20H16FN5O2/c21-16-7-1-2-8-17(16)24-19-15(6-3-10-22-19)20(27)25-18-9-11-23-26(18)13-14-5-4-12-28-14/h1-12H,13H2,(H,22,24)(H,25,27). The number of para-hydroxylation sites is 1. The van der Waals surface area contributed by atoms with Crippen LogP contribution in [0.1, 0.15) is 16.1 Å². The molecule has 7 nitrogen and oxygen atoms in total. The first-order valence-electron chi connectivity index (χ1n) is 8.53. The molecule has 0 unspecified atom stereocenters. The molecule has 0 radical (unpaired) electrons. The largest absolute Gasteiger partial charge is 0.467 e. The third kappa shape index (κ3) is 3.75. The number of nitrogens with zero attached hydrogens (tertiary/aromatic N) is 3. The summed E-state index contributed by atoms with van der Waals surface area (Å²) in [6, 6.07) is 14.7. The third-order valence-electron chi connectivity index (χ3n) is 4.02. The van der Waals surface area contributed by atoms with Crippen molar-refractivity contribution >= 4 is 23.2 Å². The molecule has 28 heavy (non-hydrogen) atoms. The number of nitrogens with one attached hydrogen (secondary N) is 2. The molecule has 8 heteroatoms. The Morgan fingerprint density at radius 2 is 1.96 bits per heavy atom. The van der Waals surface area contributed by atoms with Crippen LogP contribution in [0, 0.1) is 5.82 Å². The lowest BCUT2D eigenvalue weighted by Crippen LogP contribution is -2.18. The number of pyridine rings is 1. The number of rotatable bonds is 6. The Kier molecular flexibility index (Phi) is 4.83. The van der Waals surface area contributed by atoms with Crippen LogP contribution in [0.2, 0.25) is 0 Å². The fourth-order valence-electron chi connectivity index (χ4n) is 2.68. The third-order valence-corrected chi connectivity index (χ3v) is 4.02. The van der Waals surface area contributed by atoms with Gasteiger partial charge in [-0.3, -0.25) is 4.79 Å². The van der Waals surface area contributed by atoms with Crippen molar-refractivity contribution in [3.63, 3.8) is 0 Å². The molecule has 4 rings (SSSR count). The summed E-state index contributed by atoms with van der Waals surface area (Å²) in [7, 11) is 0. The normalized spacial score (nSPS) is 10.6. The van der Waals surface area contributed by atoms with E-state index >= 15 is 0 Å². The Labute approximate surface area is 159 Å². The van der Waals surface area contributed by atoms with Crippen molar-refractivity contribution in [1.82, 2.24) is 14.8 Å². The predicted molar refractivity (Wildman–Crippen MR) is 102 cm³/mol. The quantitative estimate of drug-likeness (QED) is 0.529. The first-order chi connectivity index (χ1) is 13.7. The number of aromatic nitrogens is 3. The minimum absolute atomic E-state index is 0.234. The second kappa shape index (κ2) is 7.75. The molecule has 0 atom stereocenters. The van der Waals surface area contributed by atoms with Crippen LogP contribution in [0.15, 0.2) is 77.7 Å². The fourth-order valence-corrected chi connectivity index (χ4v) is 2.68. The molecule has 1 amide bonds. The van der Waals surface area contributed by atoms with Crippen molar-refractivity contribution in [3.8, 4) is 0 Å². The zero-order valence-corrected chi connectivity index (χ0v) is 14.7. The molecular weight excluding hydrogens is 361 g/mol. The molecule has 0 saturated carbocycles. The van der Waals surface area contributed by atoms with Crippen LogP contribution in [0.25, 0.3) is 0 Å². The van der Waals surface area contributed by atoms with E-state index in [1.54, 1.807) is 59.6 Å². The van der Waals surface area contributed by atoms with Gasteiger partial charge in [0.1, 0.15) is 29.8 Å². The number of hydrogen-bond donors (Lipinski definition) is 2. The van der Waals surface area contributed by atoms with Crippen molar-refractivity contribution in [2.24, 2.45) is 0 Å². The van der Waals surface area contributed by atoms with Crippen LogP contribution in [0.3, 0.4) is 0 Å². The van der Waals surface area contributed by atoms with Gasteiger partial charge >= 0.3 is 0 Å². The molecule has 0 aliphatic heterocycles. The van der Waals surface area contributed by atoms with Crippen LogP contribution in [-0.2, 0) is 6.54 Å². The van der Waals surface area contributed by atoms with Gasteiger partial charge in [0.2, 0.25) is 0 Å². The van der Waals surface area contributed by atoms with E-state index in [2.05, 4.69) is 20.7 Å². The molecule has 0 spiro atoms. The second-order valence-corrected chi connectivity index (χ2v) is 5.91. The lowest BCUT2D eigenvalue weighted by atomic mass is 10.2. The summed E-state index contributed by atoms with van der Waals surface area (Å²) < 4.78 is 20.9. The Morgan fingerprint density at radius 1 is 1.07 bits per heavy atom. The van der Waals surface area contributed by atoms with E-state index < -0.39 is 11.7 Å². The average Bonchev–Trinajstić information content (AvgIpc) is 3.37. The van der Waals surface area contributed by atoms with Gasteiger partial charge in [0.05, 0.1) is 23.7 Å². The second-order valence-electron chi connectivity index (χ2n) is 5.91. The van der Waals surface area contributed by atoms with E-state index in [4.69, 9.17) is 4.42 Å². The van der Waals surface area contributed by atoms with Crippen LogP contribution in [-0.4, -0.2) is 20.7 Å². The minimum atomic E-state index is -0.434. The number of amides is 1. The number of furan rings is 1.